The molecule has 4 rings (SSSR count). The summed E-state index contributed by atoms with van der Waals surface area (Å²) in [7, 11) is 0. The van der Waals surface area contributed by atoms with Crippen LogP contribution >= 0.6 is 0 Å². The molecule has 1 aliphatic rings. The van der Waals surface area contributed by atoms with E-state index < -0.39 is 0 Å². The van der Waals surface area contributed by atoms with Gasteiger partial charge < -0.3 is 4.90 Å². The van der Waals surface area contributed by atoms with Crippen LogP contribution < -0.4 is 4.90 Å². The largest absolute Gasteiger partial charge is 0.368 e. The summed E-state index contributed by atoms with van der Waals surface area (Å²) in [4.78, 5) is 11.7. The molecule has 3 nitrogen and oxygen atoms in total. The smallest absolute Gasteiger partial charge is 0.0745 e. The zero-order valence-corrected chi connectivity index (χ0v) is 13.4. The fourth-order valence-electron chi connectivity index (χ4n) is 3.51. The van der Waals surface area contributed by atoms with Crippen LogP contribution in [0.5, 0.6) is 0 Å². The van der Waals surface area contributed by atoms with E-state index >= 15 is 0 Å². The molecule has 1 aliphatic heterocycles. The molecule has 0 bridgehead atoms. The van der Waals surface area contributed by atoms with Crippen LogP contribution in [-0.2, 0) is 0 Å². The Bertz CT molecular complexity index is 813. The number of fused-ring (bicyclic) bond motifs is 1. The number of hydrogen-bond donors (Lipinski definition) is 0. The number of para-hydroxylation sites is 1. The van der Waals surface area contributed by atoms with Crippen LogP contribution in [0.15, 0.2) is 54.9 Å². The summed E-state index contributed by atoms with van der Waals surface area (Å²) < 4.78 is 0. The number of anilines is 1. The molecule has 1 fully saturated rings. The van der Waals surface area contributed by atoms with E-state index in [0.717, 1.165) is 23.3 Å². The number of piperidine rings is 1. The van der Waals surface area contributed by atoms with Gasteiger partial charge in [0.25, 0.3) is 0 Å². The average molecular weight is 303 g/mol. The minimum atomic E-state index is 0.580. The SMILES string of the molecule is C[C@H]1CCCCN1c1cc(-c2cccnc2)nc2ccccc12. The average Bonchev–Trinajstić information content (AvgIpc) is 2.62. The molecule has 116 valence electrons. The number of nitrogens with zero attached hydrogens (tertiary/aromatic N) is 3. The van der Waals surface area contributed by atoms with Crippen molar-refractivity contribution in [3.63, 3.8) is 0 Å². The maximum Gasteiger partial charge on any atom is 0.0745 e. The third kappa shape index (κ3) is 2.67. The Morgan fingerprint density at radius 3 is 2.83 bits per heavy atom. The Kier molecular flexibility index (Phi) is 3.70. The first kappa shape index (κ1) is 14.2. The van der Waals surface area contributed by atoms with Crippen LogP contribution in [0.4, 0.5) is 5.69 Å². The Balaban J connectivity index is 1.91. The molecule has 0 aliphatic carbocycles. The molecule has 2 aromatic heterocycles. The Morgan fingerprint density at radius 1 is 1.09 bits per heavy atom. The van der Waals surface area contributed by atoms with Gasteiger partial charge in [0.2, 0.25) is 0 Å². The summed E-state index contributed by atoms with van der Waals surface area (Å²) in [6.45, 7) is 3.46. The van der Waals surface area contributed by atoms with Gasteiger partial charge in [0, 0.05) is 41.6 Å². The molecule has 1 atom stereocenters. The molecular weight excluding hydrogens is 282 g/mol. The van der Waals surface area contributed by atoms with Crippen molar-refractivity contribution in [2.45, 2.75) is 32.2 Å². The molecule has 0 radical (unpaired) electrons. The lowest BCUT2D eigenvalue weighted by atomic mass is 10.0. The second kappa shape index (κ2) is 5.99. The first-order valence-electron chi connectivity index (χ1n) is 8.40. The van der Waals surface area contributed by atoms with Crippen molar-refractivity contribution in [2.24, 2.45) is 0 Å². The van der Waals surface area contributed by atoms with Crippen LogP contribution in [0.3, 0.4) is 0 Å². The third-order valence-corrected chi connectivity index (χ3v) is 4.76. The van der Waals surface area contributed by atoms with Gasteiger partial charge in [-0.25, -0.2) is 4.98 Å². The first-order valence-corrected chi connectivity index (χ1v) is 8.40. The van der Waals surface area contributed by atoms with Crippen LogP contribution in [0.25, 0.3) is 22.2 Å². The van der Waals surface area contributed by atoms with E-state index in [-0.39, 0.29) is 0 Å². The highest BCUT2D eigenvalue weighted by molar-refractivity contribution is 5.94. The van der Waals surface area contributed by atoms with Crippen LogP contribution in [0.1, 0.15) is 26.2 Å². The second-order valence-corrected chi connectivity index (χ2v) is 6.32. The van der Waals surface area contributed by atoms with Crippen molar-refractivity contribution in [3.05, 3.63) is 54.9 Å². The van der Waals surface area contributed by atoms with Crippen LogP contribution in [-0.4, -0.2) is 22.6 Å². The molecule has 23 heavy (non-hydrogen) atoms. The molecule has 3 heteroatoms. The summed E-state index contributed by atoms with van der Waals surface area (Å²) in [6, 6.07) is 15.3. The molecule has 0 N–H and O–H groups in total. The third-order valence-electron chi connectivity index (χ3n) is 4.76. The van der Waals surface area contributed by atoms with Crippen molar-refractivity contribution in [3.8, 4) is 11.3 Å². The second-order valence-electron chi connectivity index (χ2n) is 6.32. The summed E-state index contributed by atoms with van der Waals surface area (Å²) >= 11 is 0. The predicted octanol–water partition coefficient (Wildman–Crippen LogP) is 4.68. The molecule has 3 heterocycles. The minimum Gasteiger partial charge on any atom is -0.368 e. The molecule has 0 saturated carbocycles. The summed E-state index contributed by atoms with van der Waals surface area (Å²) in [5, 5.41) is 1.24. The number of hydrogen-bond acceptors (Lipinski definition) is 3. The fraction of sp³-hybridized carbons (Fsp3) is 0.300. The van der Waals surface area contributed by atoms with Crippen LogP contribution in [0.2, 0.25) is 0 Å². The molecule has 0 spiro atoms. The van der Waals surface area contributed by atoms with Crippen molar-refractivity contribution in [1.82, 2.24) is 9.97 Å². The van der Waals surface area contributed by atoms with Gasteiger partial charge in [-0.15, -0.1) is 0 Å². The lowest BCUT2D eigenvalue weighted by Crippen LogP contribution is -2.37. The number of aromatic nitrogens is 2. The standard InChI is InChI=1S/C20H21N3/c1-15-7-4-5-12-23(15)20-13-19(16-8-6-11-21-14-16)22-18-10-3-2-9-17(18)20/h2-3,6,8-11,13-15H,4-5,7,12H2,1H3/t15-/m0/s1. The number of pyridine rings is 2. The van der Waals surface area contributed by atoms with Gasteiger partial charge in [-0.05, 0) is 50.5 Å². The first-order chi connectivity index (χ1) is 11.3. The van der Waals surface area contributed by atoms with E-state index in [1.54, 1.807) is 6.20 Å². The number of benzene rings is 1. The van der Waals surface area contributed by atoms with Crippen molar-refractivity contribution >= 4 is 16.6 Å². The van der Waals surface area contributed by atoms with Gasteiger partial charge in [-0.1, -0.05) is 18.2 Å². The van der Waals surface area contributed by atoms with Crippen LogP contribution in [0, 0.1) is 0 Å². The number of rotatable bonds is 2. The van der Waals surface area contributed by atoms with Gasteiger partial charge in [0.05, 0.1) is 11.2 Å². The van der Waals surface area contributed by atoms with E-state index in [4.69, 9.17) is 4.98 Å². The van der Waals surface area contributed by atoms with E-state index in [2.05, 4.69) is 53.2 Å². The van der Waals surface area contributed by atoms with Gasteiger partial charge in [-0.3, -0.25) is 4.98 Å². The molecular formula is C20H21N3. The molecule has 1 saturated heterocycles. The summed E-state index contributed by atoms with van der Waals surface area (Å²) in [5.41, 5.74) is 4.44. The van der Waals surface area contributed by atoms with Gasteiger partial charge in [-0.2, -0.15) is 0 Å². The maximum atomic E-state index is 4.86. The normalized spacial score (nSPS) is 18.3. The lowest BCUT2D eigenvalue weighted by molar-refractivity contribution is 0.486. The zero-order valence-electron chi connectivity index (χ0n) is 13.4. The minimum absolute atomic E-state index is 0.580. The van der Waals surface area contributed by atoms with Crippen molar-refractivity contribution in [2.75, 3.05) is 11.4 Å². The van der Waals surface area contributed by atoms with Crippen molar-refractivity contribution < 1.29 is 0 Å². The van der Waals surface area contributed by atoms with Gasteiger partial charge >= 0.3 is 0 Å². The molecule has 3 aromatic rings. The Morgan fingerprint density at radius 2 is 2.00 bits per heavy atom. The van der Waals surface area contributed by atoms with Gasteiger partial charge in [0.1, 0.15) is 0 Å². The van der Waals surface area contributed by atoms with Crippen molar-refractivity contribution in [1.29, 1.82) is 0 Å². The zero-order chi connectivity index (χ0) is 15.6. The van der Waals surface area contributed by atoms with E-state index in [0.29, 0.717) is 6.04 Å². The monoisotopic (exact) mass is 303 g/mol. The van der Waals surface area contributed by atoms with E-state index in [1.165, 1.54) is 30.3 Å². The molecule has 0 unspecified atom stereocenters. The molecule has 1 aromatic carbocycles. The summed E-state index contributed by atoms with van der Waals surface area (Å²) in [6.07, 6.45) is 7.55. The quantitative estimate of drug-likeness (QED) is 0.688. The Labute approximate surface area is 137 Å². The lowest BCUT2D eigenvalue weighted by Gasteiger charge is -2.36. The highest BCUT2D eigenvalue weighted by atomic mass is 15.2. The fourth-order valence-corrected chi connectivity index (χ4v) is 3.51. The van der Waals surface area contributed by atoms with E-state index in [9.17, 15) is 0 Å². The maximum absolute atomic E-state index is 4.86. The molecule has 0 amide bonds. The topological polar surface area (TPSA) is 29.0 Å². The predicted molar refractivity (Wildman–Crippen MR) is 95.6 cm³/mol. The summed E-state index contributed by atoms with van der Waals surface area (Å²) in [5.74, 6) is 0. The Hall–Kier alpha value is -2.42. The van der Waals surface area contributed by atoms with E-state index in [1.807, 2.05) is 12.3 Å². The highest BCUT2D eigenvalue weighted by Gasteiger charge is 2.21. The van der Waals surface area contributed by atoms with Gasteiger partial charge in [0.15, 0.2) is 0 Å². The highest BCUT2D eigenvalue weighted by Crippen LogP contribution is 2.34.